The zero-order valence-electron chi connectivity index (χ0n) is 22.3. The zero-order chi connectivity index (χ0) is 24.3. The summed E-state index contributed by atoms with van der Waals surface area (Å²) in [5.41, 5.74) is 8.45. The topological polar surface area (TPSA) is 40.1 Å². The predicted octanol–water partition coefficient (Wildman–Crippen LogP) is 3.87. The van der Waals surface area contributed by atoms with E-state index in [0.717, 1.165) is 16.7 Å². The molecule has 2 nitrogen and oxygen atoms in total. The van der Waals surface area contributed by atoms with Gasteiger partial charge in [0.15, 0.2) is 5.78 Å². The molecule has 0 amide bonds. The van der Waals surface area contributed by atoms with Crippen LogP contribution >= 0.6 is 0 Å². The predicted molar refractivity (Wildman–Crippen MR) is 136 cm³/mol. The van der Waals surface area contributed by atoms with E-state index in [0.29, 0.717) is 18.4 Å². The third-order valence-electron chi connectivity index (χ3n) is 7.88. The third-order valence-corrected chi connectivity index (χ3v) is 7.88. The SMILES string of the molecule is C=C(c1ccc(C2=C([O-])CC(C)(C)CC2=O)cc1)c1cc2c(cc1C)C(C)(C)CCC2(C)C.[K+]. The van der Waals surface area contributed by atoms with E-state index in [1.807, 2.05) is 38.1 Å². The standard InChI is InChI=1S/C31H38O2.K/c1-19-15-24-25(31(7,8)14-13-30(24,5)6)16-23(19)20(2)21-9-11-22(12-10-21)28-26(32)17-29(3,4)18-27(28)33;/h9-12,15-16,32H,2,13-14,17-18H2,1,3-8H3;/q;+1/p-1. The summed E-state index contributed by atoms with van der Waals surface area (Å²) >= 11 is 0. The maximum atomic E-state index is 12.7. The van der Waals surface area contributed by atoms with Crippen LogP contribution in [0.5, 0.6) is 0 Å². The summed E-state index contributed by atoms with van der Waals surface area (Å²) in [6.07, 6.45) is 3.21. The first kappa shape index (κ1) is 27.6. The first-order valence-electron chi connectivity index (χ1n) is 12.1. The van der Waals surface area contributed by atoms with Gasteiger partial charge in [0.05, 0.1) is 0 Å². The van der Waals surface area contributed by atoms with Crippen LogP contribution in [0.25, 0.3) is 11.1 Å². The Kier molecular flexibility index (Phi) is 7.70. The monoisotopic (exact) mass is 480 g/mol. The Bertz CT molecular complexity index is 1180. The summed E-state index contributed by atoms with van der Waals surface area (Å²) in [7, 11) is 0. The molecule has 4 rings (SSSR count). The number of Topliss-reactive ketones (excluding diaryl/α,β-unsaturated/α-hetero) is 1. The van der Waals surface area contributed by atoms with Gasteiger partial charge in [0, 0.05) is 12.0 Å². The van der Waals surface area contributed by atoms with Gasteiger partial charge in [0.2, 0.25) is 0 Å². The number of benzene rings is 2. The van der Waals surface area contributed by atoms with Crippen molar-refractivity contribution in [2.75, 3.05) is 0 Å². The molecule has 0 unspecified atom stereocenters. The molecule has 0 radical (unpaired) electrons. The molecule has 0 aliphatic heterocycles. The van der Waals surface area contributed by atoms with Gasteiger partial charge in [-0.25, -0.2) is 0 Å². The number of aryl methyl sites for hydroxylation is 1. The third kappa shape index (κ3) is 5.10. The fourth-order valence-corrected chi connectivity index (χ4v) is 5.63. The van der Waals surface area contributed by atoms with Gasteiger partial charge in [-0.1, -0.05) is 84.5 Å². The first-order chi connectivity index (χ1) is 15.2. The number of allylic oxidation sites excluding steroid dienone is 2. The number of rotatable bonds is 3. The van der Waals surface area contributed by atoms with Crippen LogP contribution in [0.4, 0.5) is 0 Å². The molecule has 0 atom stereocenters. The van der Waals surface area contributed by atoms with Crippen molar-refractivity contribution in [1.29, 1.82) is 0 Å². The van der Waals surface area contributed by atoms with Crippen LogP contribution in [0, 0.1) is 12.3 Å². The van der Waals surface area contributed by atoms with E-state index < -0.39 is 0 Å². The maximum Gasteiger partial charge on any atom is 1.00 e. The number of hydrogen-bond acceptors (Lipinski definition) is 2. The van der Waals surface area contributed by atoms with Crippen LogP contribution in [0.1, 0.15) is 101 Å². The second kappa shape index (κ2) is 9.48. The Labute approximate surface area is 248 Å². The van der Waals surface area contributed by atoms with Crippen molar-refractivity contribution in [3.63, 3.8) is 0 Å². The molecule has 2 aliphatic carbocycles. The summed E-state index contributed by atoms with van der Waals surface area (Å²) < 4.78 is 0. The molecule has 2 aromatic rings. The van der Waals surface area contributed by atoms with Gasteiger partial charge in [-0.15, -0.1) is 5.76 Å². The number of ketones is 1. The second-order valence-corrected chi connectivity index (χ2v) is 12.3. The quantitative estimate of drug-likeness (QED) is 0.626. The summed E-state index contributed by atoms with van der Waals surface area (Å²) in [5, 5.41) is 12.7. The summed E-state index contributed by atoms with van der Waals surface area (Å²) in [4.78, 5) is 12.7. The van der Waals surface area contributed by atoms with Gasteiger partial charge >= 0.3 is 51.4 Å². The normalized spacial score (nSPS) is 20.4. The van der Waals surface area contributed by atoms with Crippen LogP contribution in [0.2, 0.25) is 0 Å². The Morgan fingerprint density at radius 2 is 1.41 bits per heavy atom. The van der Waals surface area contributed by atoms with Gasteiger partial charge in [-0.3, -0.25) is 4.79 Å². The van der Waals surface area contributed by atoms with Crippen LogP contribution in [0.3, 0.4) is 0 Å². The zero-order valence-corrected chi connectivity index (χ0v) is 25.4. The summed E-state index contributed by atoms with van der Waals surface area (Å²) in [6, 6.07) is 12.5. The average Bonchev–Trinajstić information content (AvgIpc) is 2.70. The van der Waals surface area contributed by atoms with Crippen molar-refractivity contribution in [2.45, 2.75) is 85.0 Å². The minimum atomic E-state index is -0.252. The van der Waals surface area contributed by atoms with Gasteiger partial charge in [0.25, 0.3) is 0 Å². The Balaban J connectivity index is 0.00000324. The average molecular weight is 481 g/mol. The van der Waals surface area contributed by atoms with E-state index in [2.05, 4.69) is 53.3 Å². The smallest absolute Gasteiger partial charge is 0.875 e. The molecule has 34 heavy (non-hydrogen) atoms. The van der Waals surface area contributed by atoms with Gasteiger partial charge in [-0.05, 0) is 81.4 Å². The number of carbonyl (C=O) groups is 1. The second-order valence-electron chi connectivity index (χ2n) is 12.3. The number of fused-ring (bicyclic) bond motifs is 1. The van der Waals surface area contributed by atoms with Crippen LogP contribution in [-0.2, 0) is 15.6 Å². The van der Waals surface area contributed by atoms with E-state index in [-0.39, 0.29) is 79.2 Å². The van der Waals surface area contributed by atoms with Crippen molar-refractivity contribution in [2.24, 2.45) is 5.41 Å². The molecule has 0 fully saturated rings. The van der Waals surface area contributed by atoms with Crippen LogP contribution in [-0.4, -0.2) is 5.78 Å². The van der Waals surface area contributed by atoms with E-state index >= 15 is 0 Å². The van der Waals surface area contributed by atoms with Gasteiger partial charge in [-0.2, -0.15) is 0 Å². The Hall–Kier alpha value is -0.974. The molecule has 0 bridgehead atoms. The summed E-state index contributed by atoms with van der Waals surface area (Å²) in [6.45, 7) is 20.0. The molecule has 2 aromatic carbocycles. The molecule has 0 saturated carbocycles. The van der Waals surface area contributed by atoms with Crippen molar-refractivity contribution >= 4 is 16.9 Å². The van der Waals surface area contributed by atoms with Crippen molar-refractivity contribution in [1.82, 2.24) is 0 Å². The fourth-order valence-electron chi connectivity index (χ4n) is 5.63. The molecule has 2 aliphatic rings. The van der Waals surface area contributed by atoms with Crippen molar-refractivity contribution in [3.8, 4) is 0 Å². The Morgan fingerprint density at radius 3 is 1.94 bits per heavy atom. The van der Waals surface area contributed by atoms with Crippen LogP contribution < -0.4 is 56.5 Å². The van der Waals surface area contributed by atoms with Crippen LogP contribution in [0.15, 0.2) is 48.7 Å². The summed E-state index contributed by atoms with van der Waals surface area (Å²) in [5.74, 6) is -0.0867. The molecular formula is C31H37KO2. The molecule has 0 aromatic heterocycles. The molecule has 0 heterocycles. The molecule has 0 saturated heterocycles. The molecule has 174 valence electrons. The minimum absolute atomic E-state index is 0. The fraction of sp³-hybridized carbons (Fsp3) is 0.452. The first-order valence-corrected chi connectivity index (χ1v) is 12.1. The number of carbonyl (C=O) groups excluding carboxylic acids is 1. The van der Waals surface area contributed by atoms with E-state index in [1.54, 1.807) is 0 Å². The van der Waals surface area contributed by atoms with E-state index in [9.17, 15) is 9.90 Å². The maximum absolute atomic E-state index is 12.7. The number of hydrogen-bond donors (Lipinski definition) is 0. The largest absolute Gasteiger partial charge is 1.00 e. The van der Waals surface area contributed by atoms with Crippen molar-refractivity contribution in [3.05, 3.63) is 82.1 Å². The Morgan fingerprint density at radius 1 is 0.882 bits per heavy atom. The van der Waals surface area contributed by atoms with E-state index in [1.165, 1.54) is 35.1 Å². The van der Waals surface area contributed by atoms with Gasteiger partial charge < -0.3 is 5.11 Å². The molecule has 3 heteroatoms. The molecule has 0 N–H and O–H groups in total. The van der Waals surface area contributed by atoms with Gasteiger partial charge in [0.1, 0.15) is 0 Å². The minimum Gasteiger partial charge on any atom is -0.875 e. The van der Waals surface area contributed by atoms with Crippen molar-refractivity contribution < 1.29 is 61.3 Å². The van der Waals surface area contributed by atoms with E-state index in [4.69, 9.17) is 0 Å². The molecule has 0 spiro atoms. The molecular weight excluding hydrogens is 443 g/mol.